The third-order valence-corrected chi connectivity index (χ3v) is 8.34. The molecule has 1 N–H and O–H groups in total. The van der Waals surface area contributed by atoms with Gasteiger partial charge in [-0.1, -0.05) is 79.7 Å². The van der Waals surface area contributed by atoms with Gasteiger partial charge in [-0.3, -0.25) is 0 Å². The summed E-state index contributed by atoms with van der Waals surface area (Å²) in [6, 6.07) is 27.9. The highest BCUT2D eigenvalue weighted by Crippen LogP contribution is 2.30. The second-order valence-corrected chi connectivity index (χ2v) is 12.2. The van der Waals surface area contributed by atoms with E-state index >= 15 is 0 Å². The number of methoxy groups -OCH3 is 2. The summed E-state index contributed by atoms with van der Waals surface area (Å²) in [5.74, 6) is 1.09. The molecule has 1 aliphatic rings. The summed E-state index contributed by atoms with van der Waals surface area (Å²) in [7, 11) is 3.01. The highest BCUT2D eigenvalue weighted by molar-refractivity contribution is 5.83. The number of esters is 1. The zero-order chi connectivity index (χ0) is 34.0. The quantitative estimate of drug-likeness (QED) is 0.0766. The van der Waals surface area contributed by atoms with E-state index in [0.717, 1.165) is 40.9 Å². The normalized spacial score (nSPS) is 17.2. The van der Waals surface area contributed by atoms with Crippen LogP contribution in [0.15, 0.2) is 108 Å². The largest absolute Gasteiger partial charge is 0.497 e. The van der Waals surface area contributed by atoms with Crippen molar-refractivity contribution in [1.29, 1.82) is 0 Å². The molecule has 0 fully saturated rings. The molecule has 0 aliphatic carbocycles. The lowest BCUT2D eigenvalue weighted by Crippen LogP contribution is -2.30. The van der Waals surface area contributed by atoms with Gasteiger partial charge >= 0.3 is 5.97 Å². The molecule has 0 saturated carbocycles. The van der Waals surface area contributed by atoms with Crippen molar-refractivity contribution in [3.05, 3.63) is 125 Å². The highest BCUT2D eigenvalue weighted by Gasteiger charge is 2.27. The maximum Gasteiger partial charge on any atom is 0.330 e. The Balaban J connectivity index is 1.35. The number of hydrogen-bond donors (Lipinski definition) is 1. The molecule has 4 rings (SSSR count). The van der Waals surface area contributed by atoms with Crippen LogP contribution in [0.5, 0.6) is 5.75 Å². The van der Waals surface area contributed by atoms with Crippen LogP contribution in [-0.4, -0.2) is 56.8 Å². The van der Waals surface area contributed by atoms with Crippen LogP contribution < -0.4 is 4.74 Å². The van der Waals surface area contributed by atoms with Gasteiger partial charge in [0.2, 0.25) is 0 Å². The molecular formula is C40H50O8. The van der Waals surface area contributed by atoms with E-state index in [4.69, 9.17) is 28.4 Å². The Morgan fingerprint density at radius 3 is 2.19 bits per heavy atom. The molecule has 3 aromatic carbocycles. The van der Waals surface area contributed by atoms with Crippen molar-refractivity contribution in [1.82, 2.24) is 0 Å². The zero-order valence-corrected chi connectivity index (χ0v) is 28.4. The lowest BCUT2D eigenvalue weighted by atomic mass is 9.91. The Morgan fingerprint density at radius 2 is 1.54 bits per heavy atom. The first-order valence-electron chi connectivity index (χ1n) is 16.7. The third kappa shape index (κ3) is 13.3. The van der Waals surface area contributed by atoms with E-state index in [1.165, 1.54) is 13.2 Å². The van der Waals surface area contributed by atoms with E-state index in [2.05, 4.69) is 19.1 Å². The number of aliphatic hydroxyl groups is 1. The van der Waals surface area contributed by atoms with E-state index in [1.54, 1.807) is 7.11 Å². The summed E-state index contributed by atoms with van der Waals surface area (Å²) >= 11 is 0. The average Bonchev–Trinajstić information content (AvgIpc) is 3.11. The monoisotopic (exact) mass is 658 g/mol. The van der Waals surface area contributed by atoms with Crippen molar-refractivity contribution in [2.75, 3.05) is 27.4 Å². The average molecular weight is 659 g/mol. The summed E-state index contributed by atoms with van der Waals surface area (Å²) in [4.78, 5) is 12.2. The van der Waals surface area contributed by atoms with E-state index in [-0.39, 0.29) is 18.1 Å². The third-order valence-electron chi connectivity index (χ3n) is 8.34. The Labute approximate surface area is 285 Å². The van der Waals surface area contributed by atoms with Gasteiger partial charge in [-0.2, -0.15) is 0 Å². The zero-order valence-electron chi connectivity index (χ0n) is 28.4. The smallest absolute Gasteiger partial charge is 0.330 e. The van der Waals surface area contributed by atoms with Gasteiger partial charge in [0.1, 0.15) is 11.9 Å². The van der Waals surface area contributed by atoms with Crippen molar-refractivity contribution < 1.29 is 38.3 Å². The minimum Gasteiger partial charge on any atom is -0.497 e. The number of hydrogen-bond acceptors (Lipinski definition) is 8. The second-order valence-electron chi connectivity index (χ2n) is 12.2. The van der Waals surface area contributed by atoms with E-state index in [0.29, 0.717) is 58.1 Å². The summed E-state index contributed by atoms with van der Waals surface area (Å²) in [5, 5.41) is 11.2. The lowest BCUT2D eigenvalue weighted by Gasteiger charge is -2.31. The fourth-order valence-corrected chi connectivity index (χ4v) is 5.54. The highest BCUT2D eigenvalue weighted by atomic mass is 16.5. The van der Waals surface area contributed by atoms with Crippen LogP contribution in [0, 0.1) is 5.92 Å². The van der Waals surface area contributed by atoms with Crippen molar-refractivity contribution in [2.45, 2.75) is 77.2 Å². The number of carbonyl (C=O) groups is 1. The van der Waals surface area contributed by atoms with E-state index in [1.807, 2.05) is 78.9 Å². The van der Waals surface area contributed by atoms with Gasteiger partial charge in [0.15, 0.2) is 0 Å². The van der Waals surface area contributed by atoms with Crippen LogP contribution in [0.4, 0.5) is 0 Å². The molecule has 8 nitrogen and oxygen atoms in total. The summed E-state index contributed by atoms with van der Waals surface area (Å²) in [6.07, 6.45) is 5.22. The van der Waals surface area contributed by atoms with Gasteiger partial charge < -0.3 is 33.5 Å². The lowest BCUT2D eigenvalue weighted by molar-refractivity contribution is -0.134. The van der Waals surface area contributed by atoms with Crippen LogP contribution in [0.3, 0.4) is 0 Å². The van der Waals surface area contributed by atoms with Crippen LogP contribution in [0.25, 0.3) is 0 Å². The molecule has 0 bridgehead atoms. The van der Waals surface area contributed by atoms with Crippen LogP contribution in [0.1, 0.15) is 55.7 Å². The predicted octanol–water partition coefficient (Wildman–Crippen LogP) is 7.34. The van der Waals surface area contributed by atoms with Gasteiger partial charge in [-0.25, -0.2) is 4.79 Å². The van der Waals surface area contributed by atoms with Gasteiger partial charge in [-0.05, 0) is 59.2 Å². The molecule has 0 amide bonds. The molecule has 0 saturated heterocycles. The fraction of sp³-hybridized carbons (Fsp3) is 0.425. The first-order chi connectivity index (χ1) is 23.4. The first-order valence-corrected chi connectivity index (χ1v) is 16.7. The van der Waals surface area contributed by atoms with Crippen LogP contribution in [0.2, 0.25) is 0 Å². The van der Waals surface area contributed by atoms with Crippen molar-refractivity contribution >= 4 is 5.97 Å². The summed E-state index contributed by atoms with van der Waals surface area (Å²) in [5.41, 5.74) is 4.03. The van der Waals surface area contributed by atoms with E-state index < -0.39 is 12.1 Å². The maximum absolute atomic E-state index is 12.2. The molecule has 0 unspecified atom stereocenters. The number of aliphatic hydroxyl groups excluding tert-OH is 1. The molecule has 48 heavy (non-hydrogen) atoms. The molecule has 0 aromatic heterocycles. The molecule has 1 heterocycles. The van der Waals surface area contributed by atoms with E-state index in [9.17, 15) is 9.90 Å². The molecular weight excluding hydrogens is 608 g/mol. The summed E-state index contributed by atoms with van der Waals surface area (Å²) in [6.45, 7) is 4.46. The number of carbonyl (C=O) groups excluding carboxylic acids is 1. The topological polar surface area (TPSA) is 92.7 Å². The Morgan fingerprint density at radius 1 is 0.896 bits per heavy atom. The Kier molecular flexibility index (Phi) is 15.7. The molecule has 0 spiro atoms. The Bertz CT molecular complexity index is 1400. The number of rotatable bonds is 20. The standard InChI is InChI=1S/C40H50O8/c1-30(11-10-20-45-26-31-12-6-4-7-13-31)39(41)25-37-22-34(23-40(42)44-3)21-36(48-37)24-38(29-46-27-32-14-8-5-9-15-32)47-28-33-16-18-35(43-2)19-17-33/h4-9,12-19,21,23,30,37-39,41H,10-11,20,22,24-29H2,1-3H3/b34-23+/t30-,37-,38-,39-/m0/s1. The molecule has 1 aliphatic heterocycles. The van der Waals surface area contributed by atoms with Gasteiger partial charge in [-0.15, -0.1) is 0 Å². The number of allylic oxidation sites excluding steroid dienone is 1. The van der Waals surface area contributed by atoms with Gasteiger partial charge in [0.05, 0.1) is 58.6 Å². The van der Waals surface area contributed by atoms with Crippen LogP contribution in [-0.2, 0) is 48.3 Å². The van der Waals surface area contributed by atoms with Crippen molar-refractivity contribution in [3.8, 4) is 5.75 Å². The predicted molar refractivity (Wildman–Crippen MR) is 185 cm³/mol. The van der Waals surface area contributed by atoms with Crippen LogP contribution >= 0.6 is 0 Å². The fourth-order valence-electron chi connectivity index (χ4n) is 5.54. The van der Waals surface area contributed by atoms with Gasteiger partial charge in [0, 0.05) is 31.9 Å². The minimum absolute atomic E-state index is 0.0586. The second kappa shape index (κ2) is 20.4. The number of benzene rings is 3. The molecule has 0 radical (unpaired) electrons. The van der Waals surface area contributed by atoms with Gasteiger partial charge in [0.25, 0.3) is 0 Å². The minimum atomic E-state index is -0.570. The molecule has 3 aromatic rings. The summed E-state index contributed by atoms with van der Waals surface area (Å²) < 4.78 is 34.9. The SMILES string of the molecule is COC(=O)/C=C1\C=C(C[C@@H](COCc2ccccc2)OCc2ccc(OC)cc2)O[C@H](C[C@H](O)[C@@H](C)CCCOCc2ccccc2)C1. The Hall–Kier alpha value is -3.95. The first kappa shape index (κ1) is 36.9. The van der Waals surface area contributed by atoms with Crippen molar-refractivity contribution in [3.63, 3.8) is 0 Å². The maximum atomic E-state index is 12.2. The molecule has 258 valence electrons. The number of ether oxygens (including phenoxy) is 6. The molecule has 4 atom stereocenters. The van der Waals surface area contributed by atoms with Crippen molar-refractivity contribution in [2.24, 2.45) is 5.92 Å². The molecule has 8 heteroatoms.